The van der Waals surface area contributed by atoms with Gasteiger partial charge in [-0.2, -0.15) is 0 Å². The summed E-state index contributed by atoms with van der Waals surface area (Å²) in [6.07, 6.45) is 0. The Morgan fingerprint density at radius 2 is 0.944 bits per heavy atom. The molecule has 9 aromatic carbocycles. The van der Waals surface area contributed by atoms with E-state index in [9.17, 15) is 9.59 Å². The highest BCUT2D eigenvalue weighted by molar-refractivity contribution is 6.17. The number of aromatic nitrogens is 4. The van der Waals surface area contributed by atoms with Crippen molar-refractivity contribution in [2.45, 2.75) is 0 Å². The summed E-state index contributed by atoms with van der Waals surface area (Å²) in [5.41, 5.74) is 15.2. The summed E-state index contributed by atoms with van der Waals surface area (Å²) in [5.74, 6) is 0. The van der Waals surface area contributed by atoms with Gasteiger partial charge in [0.15, 0.2) is 0 Å². The quantitative estimate of drug-likeness (QED) is 0.173. The third kappa shape index (κ3) is 5.87. The fourth-order valence-electron chi connectivity index (χ4n) is 11.3. The molecule has 0 aliphatic rings. The van der Waals surface area contributed by atoms with Gasteiger partial charge < -0.3 is 23.4 Å². The van der Waals surface area contributed by atoms with Crippen molar-refractivity contribution in [2.75, 3.05) is 0 Å². The molecule has 6 heterocycles. The first-order valence-electron chi connectivity index (χ1n) is 24.0. The van der Waals surface area contributed by atoms with Crippen LogP contribution in [0.3, 0.4) is 0 Å². The van der Waals surface area contributed by atoms with Gasteiger partial charge in [0.05, 0.1) is 22.1 Å². The van der Waals surface area contributed by atoms with Crippen molar-refractivity contribution in [1.29, 1.82) is 0 Å². The van der Waals surface area contributed by atoms with Crippen molar-refractivity contribution >= 4 is 87.6 Å². The minimum atomic E-state index is -0.173. The Kier molecular flexibility index (Phi) is 8.50. The van der Waals surface area contributed by atoms with Crippen molar-refractivity contribution < 1.29 is 8.83 Å². The molecule has 0 saturated carbocycles. The van der Waals surface area contributed by atoms with Crippen LogP contribution in [0.15, 0.2) is 237 Å². The van der Waals surface area contributed by atoms with E-state index in [2.05, 4.69) is 134 Å². The lowest BCUT2D eigenvalue weighted by Gasteiger charge is -2.10. The summed E-state index contributed by atoms with van der Waals surface area (Å²) in [6, 6.07) is 73.8. The lowest BCUT2D eigenvalue weighted by Crippen LogP contribution is -2.11. The Morgan fingerprint density at radius 3 is 1.75 bits per heavy atom. The van der Waals surface area contributed by atoms with Gasteiger partial charge >= 0.3 is 0 Å². The lowest BCUT2D eigenvalue weighted by molar-refractivity contribution is 0.668. The molecule has 15 rings (SSSR count). The van der Waals surface area contributed by atoms with Crippen molar-refractivity contribution in [1.82, 2.24) is 19.1 Å². The molecule has 8 nitrogen and oxygen atoms in total. The molecular weight excluding hydrogens is 889 g/mol. The summed E-state index contributed by atoms with van der Waals surface area (Å²) in [5, 5.41) is 7.94. The van der Waals surface area contributed by atoms with Gasteiger partial charge in [0, 0.05) is 60.2 Å². The van der Waals surface area contributed by atoms with Crippen molar-refractivity contribution in [3.63, 3.8) is 0 Å². The molecule has 0 unspecified atom stereocenters. The van der Waals surface area contributed by atoms with Crippen molar-refractivity contribution in [3.8, 4) is 56.0 Å². The summed E-state index contributed by atoms with van der Waals surface area (Å²) in [7, 11) is 0. The van der Waals surface area contributed by atoms with Gasteiger partial charge in [-0.1, -0.05) is 158 Å². The molecule has 338 valence electrons. The predicted molar refractivity (Wildman–Crippen MR) is 293 cm³/mol. The molecule has 0 aliphatic heterocycles. The van der Waals surface area contributed by atoms with E-state index in [1.807, 2.05) is 103 Å². The number of hydrogen-bond acceptors (Lipinski definition) is 4. The summed E-state index contributed by atoms with van der Waals surface area (Å²) >= 11 is 0. The van der Waals surface area contributed by atoms with Crippen LogP contribution in [0.1, 0.15) is 0 Å². The first-order valence-corrected chi connectivity index (χ1v) is 24.0. The number of para-hydroxylation sites is 4. The van der Waals surface area contributed by atoms with Crippen LogP contribution in [0.4, 0.5) is 0 Å². The Balaban J connectivity index is 0.793. The Bertz CT molecular complexity index is 4840. The summed E-state index contributed by atoms with van der Waals surface area (Å²) in [6.45, 7) is 0. The predicted octanol–water partition coefficient (Wildman–Crippen LogP) is 15.7. The maximum Gasteiger partial charge on any atom is 0.273 e. The molecule has 72 heavy (non-hydrogen) atoms. The molecule has 0 bridgehead atoms. The highest BCUT2D eigenvalue weighted by Crippen LogP contribution is 2.43. The van der Waals surface area contributed by atoms with Crippen molar-refractivity contribution in [3.05, 3.63) is 239 Å². The van der Waals surface area contributed by atoms with Crippen LogP contribution in [0.5, 0.6) is 0 Å². The van der Waals surface area contributed by atoms with Crippen LogP contribution < -0.4 is 11.1 Å². The van der Waals surface area contributed by atoms with Gasteiger partial charge in [-0.15, -0.1) is 0 Å². The smallest absolute Gasteiger partial charge is 0.273 e. The second-order valence-corrected chi connectivity index (χ2v) is 18.5. The Labute approximate surface area is 408 Å². The van der Waals surface area contributed by atoms with Gasteiger partial charge in [0.2, 0.25) is 0 Å². The number of H-pyrrole nitrogens is 2. The molecular formula is C64H38N4O4. The fourth-order valence-corrected chi connectivity index (χ4v) is 11.3. The minimum Gasteiger partial charge on any atom is -0.456 e. The average molecular weight is 927 g/mol. The Hall–Kier alpha value is -9.92. The van der Waals surface area contributed by atoms with E-state index >= 15 is 0 Å². The van der Waals surface area contributed by atoms with E-state index in [1.54, 1.807) is 0 Å². The number of benzene rings is 9. The third-order valence-electron chi connectivity index (χ3n) is 14.5. The van der Waals surface area contributed by atoms with Crippen LogP contribution >= 0.6 is 0 Å². The van der Waals surface area contributed by atoms with E-state index in [1.165, 1.54) is 0 Å². The van der Waals surface area contributed by atoms with E-state index in [4.69, 9.17) is 8.83 Å². The van der Waals surface area contributed by atoms with E-state index in [0.29, 0.717) is 11.1 Å². The van der Waals surface area contributed by atoms with Gasteiger partial charge in [-0.3, -0.25) is 14.2 Å². The van der Waals surface area contributed by atoms with Gasteiger partial charge in [0.1, 0.15) is 33.5 Å². The SMILES string of the molecule is O=c1[nH]c2c(cc1-c1ccccc1)c1ccccc1n2-c1ccc(-c2cccc3c2oc2cccc(-c4ccc(-c5cc6c7ccccc7n(-c7cccc8oc9ccccc9c78)c6c(=O)[nH]5)cc4)c23)cc1. The van der Waals surface area contributed by atoms with E-state index in [0.717, 1.165) is 133 Å². The van der Waals surface area contributed by atoms with Crippen LogP contribution in [0.2, 0.25) is 0 Å². The molecule has 8 heteroatoms. The molecule has 0 amide bonds. The zero-order valence-corrected chi connectivity index (χ0v) is 38.3. The standard InChI is InChI=1S/C64H38N4O4/c69-63-48(37-13-2-1-3-14-37)35-50-45-16-5-7-21-52(45)67(62(50)66-63)41-33-31-39(32-34-41)43-19-10-20-47-58-42(18-11-25-56(58)72-61(43)47)38-27-29-40(30-28-38)51-36-49-44-15-4-8-22-53(44)68(60(49)64(70)65-51)54-23-12-26-57-59(54)46-17-6-9-24-55(46)71-57/h1-36H,(H,65,70)(H,66,69). The molecule has 6 aromatic heterocycles. The number of pyridine rings is 2. The lowest BCUT2D eigenvalue weighted by atomic mass is 9.96. The second kappa shape index (κ2) is 15.3. The molecule has 0 radical (unpaired) electrons. The third-order valence-corrected chi connectivity index (χ3v) is 14.5. The molecule has 0 fully saturated rings. The van der Waals surface area contributed by atoms with Crippen LogP contribution in [-0.2, 0) is 0 Å². The van der Waals surface area contributed by atoms with E-state index in [-0.39, 0.29) is 11.1 Å². The number of furan rings is 2. The molecule has 2 N–H and O–H groups in total. The molecule has 0 saturated heterocycles. The van der Waals surface area contributed by atoms with Crippen LogP contribution in [0, 0.1) is 0 Å². The largest absolute Gasteiger partial charge is 0.456 e. The number of fused-ring (bicyclic) bond motifs is 12. The van der Waals surface area contributed by atoms with Gasteiger partial charge in [0.25, 0.3) is 11.1 Å². The second-order valence-electron chi connectivity index (χ2n) is 18.5. The normalized spacial score (nSPS) is 12.0. The molecule has 0 aliphatic carbocycles. The highest BCUT2D eigenvalue weighted by Gasteiger charge is 2.22. The Morgan fingerprint density at radius 1 is 0.361 bits per heavy atom. The van der Waals surface area contributed by atoms with Gasteiger partial charge in [-0.25, -0.2) is 0 Å². The minimum absolute atomic E-state index is 0.134. The average Bonchev–Trinajstić information content (AvgIpc) is 4.19. The van der Waals surface area contributed by atoms with Gasteiger partial charge in [-0.05, 0) is 88.5 Å². The van der Waals surface area contributed by atoms with Crippen molar-refractivity contribution in [2.24, 2.45) is 0 Å². The highest BCUT2D eigenvalue weighted by atomic mass is 16.3. The number of nitrogens with one attached hydrogen (secondary N) is 2. The molecule has 0 atom stereocenters. The van der Waals surface area contributed by atoms with Crippen LogP contribution in [0.25, 0.3) is 144 Å². The van der Waals surface area contributed by atoms with Crippen LogP contribution in [-0.4, -0.2) is 19.1 Å². The first-order chi connectivity index (χ1) is 35.5. The maximum atomic E-state index is 14.4. The molecule has 0 spiro atoms. The molecule has 15 aromatic rings. The summed E-state index contributed by atoms with van der Waals surface area (Å²) in [4.78, 5) is 34.5. The first kappa shape index (κ1) is 40.0. The number of hydrogen-bond donors (Lipinski definition) is 2. The van der Waals surface area contributed by atoms with E-state index < -0.39 is 0 Å². The summed E-state index contributed by atoms with van der Waals surface area (Å²) < 4.78 is 17.2. The zero-order valence-electron chi connectivity index (χ0n) is 38.3. The topological polar surface area (TPSA) is 102 Å². The fraction of sp³-hybridized carbons (Fsp3) is 0. The number of aromatic amines is 2. The number of nitrogens with zero attached hydrogens (tertiary/aromatic N) is 2. The maximum absolute atomic E-state index is 14.4. The monoisotopic (exact) mass is 926 g/mol. The zero-order chi connectivity index (χ0) is 47.6. The number of rotatable bonds is 6.